The number of rotatable bonds is 2. The summed E-state index contributed by atoms with van der Waals surface area (Å²) < 4.78 is 13.7. The number of benzene rings is 2. The van der Waals surface area contributed by atoms with Crippen molar-refractivity contribution in [2.24, 2.45) is 0 Å². The van der Waals surface area contributed by atoms with Crippen molar-refractivity contribution in [2.75, 3.05) is 4.90 Å². The number of fused-ring (bicyclic) bond motifs is 1. The first-order valence-electron chi connectivity index (χ1n) is 6.86. The molecule has 1 heterocycles. The average molecular weight is 271 g/mol. The van der Waals surface area contributed by atoms with Crippen LogP contribution in [0.2, 0.25) is 0 Å². The van der Waals surface area contributed by atoms with E-state index in [9.17, 15) is 9.50 Å². The van der Waals surface area contributed by atoms with Gasteiger partial charge in [0.2, 0.25) is 0 Å². The topological polar surface area (TPSA) is 23.5 Å². The molecule has 1 aliphatic rings. The summed E-state index contributed by atoms with van der Waals surface area (Å²) in [6, 6.07) is 11.6. The minimum Gasteiger partial charge on any atom is -0.389 e. The summed E-state index contributed by atoms with van der Waals surface area (Å²) in [5, 5.41) is 9.90. The van der Waals surface area contributed by atoms with Crippen LogP contribution in [0, 0.1) is 12.7 Å². The zero-order valence-electron chi connectivity index (χ0n) is 11.7. The van der Waals surface area contributed by atoms with E-state index in [2.05, 4.69) is 17.0 Å². The number of anilines is 1. The molecule has 3 heteroatoms. The lowest BCUT2D eigenvalue weighted by molar-refractivity contribution is 0.199. The van der Waals surface area contributed by atoms with Gasteiger partial charge in [0, 0.05) is 24.3 Å². The van der Waals surface area contributed by atoms with Gasteiger partial charge in [-0.25, -0.2) is 4.39 Å². The molecule has 0 fully saturated rings. The summed E-state index contributed by atoms with van der Waals surface area (Å²) in [6.07, 6.45) is -0.677. The van der Waals surface area contributed by atoms with E-state index in [1.54, 1.807) is 13.8 Å². The summed E-state index contributed by atoms with van der Waals surface area (Å²) >= 11 is 0. The molecule has 104 valence electrons. The summed E-state index contributed by atoms with van der Waals surface area (Å²) in [5.74, 6) is -0.263. The molecule has 1 atom stereocenters. The average Bonchev–Trinajstić information content (AvgIpc) is 2.84. The Kier molecular flexibility index (Phi) is 3.22. The normalized spacial score (nSPS) is 15.3. The fraction of sp³-hybridized carbons (Fsp3) is 0.294. The van der Waals surface area contributed by atoms with Gasteiger partial charge in [0.15, 0.2) is 0 Å². The highest BCUT2D eigenvalue weighted by atomic mass is 19.1. The molecule has 0 amide bonds. The van der Waals surface area contributed by atoms with Crippen molar-refractivity contribution in [1.29, 1.82) is 0 Å². The van der Waals surface area contributed by atoms with Crippen LogP contribution in [0.4, 0.5) is 10.1 Å². The van der Waals surface area contributed by atoms with E-state index in [0.717, 1.165) is 18.8 Å². The van der Waals surface area contributed by atoms with Crippen molar-refractivity contribution in [3.05, 3.63) is 64.5 Å². The second-order valence-corrected chi connectivity index (χ2v) is 5.46. The maximum Gasteiger partial charge on any atom is 0.126 e. The number of hydrogen-bond donors (Lipinski definition) is 1. The van der Waals surface area contributed by atoms with Crippen molar-refractivity contribution in [2.45, 2.75) is 33.0 Å². The van der Waals surface area contributed by atoms with Gasteiger partial charge < -0.3 is 10.0 Å². The zero-order chi connectivity index (χ0) is 14.3. The highest BCUT2D eigenvalue weighted by Crippen LogP contribution is 2.34. The number of halogens is 1. The van der Waals surface area contributed by atoms with Crippen LogP contribution in [0.1, 0.15) is 35.3 Å². The minimum atomic E-state index is -0.677. The van der Waals surface area contributed by atoms with Gasteiger partial charge in [-0.15, -0.1) is 0 Å². The minimum absolute atomic E-state index is 0.263. The van der Waals surface area contributed by atoms with Crippen molar-refractivity contribution >= 4 is 5.69 Å². The van der Waals surface area contributed by atoms with Gasteiger partial charge in [-0.05, 0) is 42.7 Å². The lowest BCUT2D eigenvalue weighted by atomic mass is 10.0. The van der Waals surface area contributed by atoms with E-state index in [0.29, 0.717) is 11.1 Å². The van der Waals surface area contributed by atoms with Crippen LogP contribution in [0.5, 0.6) is 0 Å². The lowest BCUT2D eigenvalue weighted by Gasteiger charge is -2.23. The van der Waals surface area contributed by atoms with Crippen molar-refractivity contribution in [1.82, 2.24) is 0 Å². The fourth-order valence-electron chi connectivity index (χ4n) is 2.79. The molecular weight excluding hydrogens is 253 g/mol. The molecule has 0 radical (unpaired) electrons. The molecule has 0 saturated carbocycles. The first-order chi connectivity index (χ1) is 9.56. The first kappa shape index (κ1) is 13.1. The Morgan fingerprint density at radius 1 is 1.15 bits per heavy atom. The van der Waals surface area contributed by atoms with Crippen LogP contribution in [0.25, 0.3) is 0 Å². The number of aliphatic hydroxyl groups excluding tert-OH is 1. The van der Waals surface area contributed by atoms with Gasteiger partial charge in [0.1, 0.15) is 5.82 Å². The molecule has 20 heavy (non-hydrogen) atoms. The van der Waals surface area contributed by atoms with E-state index in [-0.39, 0.29) is 5.82 Å². The highest BCUT2D eigenvalue weighted by molar-refractivity contribution is 5.59. The Morgan fingerprint density at radius 3 is 2.30 bits per heavy atom. The largest absolute Gasteiger partial charge is 0.389 e. The Labute approximate surface area is 118 Å². The molecule has 2 aromatic rings. The van der Waals surface area contributed by atoms with E-state index in [1.807, 2.05) is 18.2 Å². The Bertz CT molecular complexity index is 626. The summed E-state index contributed by atoms with van der Waals surface area (Å²) in [6.45, 7) is 5.05. The molecule has 0 aliphatic carbocycles. The highest BCUT2D eigenvalue weighted by Gasteiger charge is 2.23. The summed E-state index contributed by atoms with van der Waals surface area (Å²) in [7, 11) is 0. The Morgan fingerprint density at radius 2 is 1.75 bits per heavy atom. The Balaban J connectivity index is 2.02. The van der Waals surface area contributed by atoms with Gasteiger partial charge in [-0.2, -0.15) is 0 Å². The molecule has 2 nitrogen and oxygen atoms in total. The molecule has 1 N–H and O–H groups in total. The Hall–Kier alpha value is -1.87. The molecule has 0 saturated heterocycles. The number of aliphatic hydroxyl groups is 1. The molecule has 0 spiro atoms. The van der Waals surface area contributed by atoms with Crippen molar-refractivity contribution < 1.29 is 9.50 Å². The van der Waals surface area contributed by atoms with Crippen LogP contribution < -0.4 is 4.90 Å². The quantitative estimate of drug-likeness (QED) is 0.900. The maximum atomic E-state index is 13.7. The second kappa shape index (κ2) is 4.91. The third-order valence-corrected chi connectivity index (χ3v) is 3.94. The van der Waals surface area contributed by atoms with E-state index < -0.39 is 6.10 Å². The molecule has 0 unspecified atom stereocenters. The molecule has 1 aliphatic heterocycles. The van der Waals surface area contributed by atoms with Crippen LogP contribution in [-0.2, 0) is 13.1 Å². The molecule has 0 bridgehead atoms. The summed E-state index contributed by atoms with van der Waals surface area (Å²) in [4.78, 5) is 2.19. The van der Waals surface area contributed by atoms with Crippen LogP contribution >= 0.6 is 0 Å². The van der Waals surface area contributed by atoms with Crippen LogP contribution in [-0.4, -0.2) is 5.11 Å². The monoisotopic (exact) mass is 271 g/mol. The number of hydrogen-bond acceptors (Lipinski definition) is 2. The van der Waals surface area contributed by atoms with E-state index >= 15 is 0 Å². The number of nitrogens with zero attached hydrogens (tertiary/aromatic N) is 1. The molecule has 3 rings (SSSR count). The first-order valence-corrected chi connectivity index (χ1v) is 6.86. The third kappa shape index (κ3) is 2.18. The van der Waals surface area contributed by atoms with Gasteiger partial charge >= 0.3 is 0 Å². The van der Waals surface area contributed by atoms with Crippen molar-refractivity contribution in [3.63, 3.8) is 0 Å². The smallest absolute Gasteiger partial charge is 0.126 e. The lowest BCUT2D eigenvalue weighted by Crippen LogP contribution is -2.17. The molecular formula is C17H18FNO. The van der Waals surface area contributed by atoms with E-state index in [4.69, 9.17) is 0 Å². The van der Waals surface area contributed by atoms with Gasteiger partial charge in [0.25, 0.3) is 0 Å². The standard InChI is InChI=1S/C17H18FNO/c1-11-7-17(15(12(2)20)8-16(11)18)19-9-13-5-3-4-6-14(13)10-19/h3-8,12,20H,9-10H2,1-2H3/t12-/m1/s1. The predicted molar refractivity (Wildman–Crippen MR) is 78.1 cm³/mol. The van der Waals surface area contributed by atoms with Gasteiger partial charge in [0.05, 0.1) is 6.10 Å². The van der Waals surface area contributed by atoms with Crippen molar-refractivity contribution in [3.8, 4) is 0 Å². The summed E-state index contributed by atoms with van der Waals surface area (Å²) in [5.41, 5.74) is 4.79. The zero-order valence-corrected chi connectivity index (χ0v) is 11.7. The number of aryl methyl sites for hydroxylation is 1. The van der Waals surface area contributed by atoms with Crippen LogP contribution in [0.15, 0.2) is 36.4 Å². The van der Waals surface area contributed by atoms with Crippen LogP contribution in [0.3, 0.4) is 0 Å². The second-order valence-electron chi connectivity index (χ2n) is 5.46. The molecule has 2 aromatic carbocycles. The van der Waals surface area contributed by atoms with Gasteiger partial charge in [-0.1, -0.05) is 24.3 Å². The van der Waals surface area contributed by atoms with Gasteiger partial charge in [-0.3, -0.25) is 0 Å². The SMILES string of the molecule is Cc1cc(N2Cc3ccccc3C2)c([C@@H](C)O)cc1F. The van der Waals surface area contributed by atoms with E-state index in [1.165, 1.54) is 17.2 Å². The fourth-order valence-corrected chi connectivity index (χ4v) is 2.79. The third-order valence-electron chi connectivity index (χ3n) is 3.94. The predicted octanol–water partition coefficient (Wildman–Crippen LogP) is 3.71. The maximum absolute atomic E-state index is 13.7. The molecule has 0 aromatic heterocycles.